The van der Waals surface area contributed by atoms with E-state index in [9.17, 15) is 0 Å². The molecule has 0 atom stereocenters. The van der Waals surface area contributed by atoms with Gasteiger partial charge in [0.15, 0.2) is 0 Å². The van der Waals surface area contributed by atoms with E-state index in [2.05, 4.69) is 128 Å². The van der Waals surface area contributed by atoms with Crippen molar-refractivity contribution in [2.75, 3.05) is 0 Å². The Balaban J connectivity index is 0.00000361. The van der Waals surface area contributed by atoms with E-state index in [1.165, 1.54) is 27.8 Å². The predicted molar refractivity (Wildman–Crippen MR) is 197 cm³/mol. The fraction of sp³-hybridized carbons (Fsp3) is 0.111. The molecule has 0 unspecified atom stereocenters. The van der Waals surface area contributed by atoms with Gasteiger partial charge in [0.05, 0.1) is 0 Å². The van der Waals surface area contributed by atoms with Crippen LogP contribution < -0.4 is 0 Å². The Labute approximate surface area is 306 Å². The SMILES string of the molecule is CC(C)(C)c1ccnc(-c2[c-]c(C3(c4[c-]c(-c5ccccn5)c5cnccc5c4)c4ccccc4-c4ccccc43)cc3ccncc23)c1.[Pt+2]. The van der Waals surface area contributed by atoms with E-state index in [4.69, 9.17) is 9.97 Å². The van der Waals surface area contributed by atoms with E-state index >= 15 is 0 Å². The van der Waals surface area contributed by atoms with Gasteiger partial charge in [0.2, 0.25) is 0 Å². The molecule has 0 saturated heterocycles. The van der Waals surface area contributed by atoms with E-state index in [0.29, 0.717) is 0 Å². The van der Waals surface area contributed by atoms with Gasteiger partial charge in [0.1, 0.15) is 0 Å². The first kappa shape index (κ1) is 31.9. The standard InChI is InChI=1S/C45H32N4.Pt/c1-44(2,3)31-17-21-49-43(26-31)37-25-33(23-30-16-20-47-28-39(30)37)45(40-12-6-4-10-34(40)35-11-5-7-13-41(35)45)32-22-29-15-19-46-27-38(29)36(24-32)42-14-8-9-18-48-42;/h4-23,26-28H,1-3H3;/q-2;+2. The quantitative estimate of drug-likeness (QED) is 0.166. The minimum atomic E-state index is -0.748. The van der Waals surface area contributed by atoms with E-state index < -0.39 is 5.41 Å². The van der Waals surface area contributed by atoms with Crippen molar-refractivity contribution in [2.24, 2.45) is 0 Å². The summed E-state index contributed by atoms with van der Waals surface area (Å²) in [4.78, 5) is 18.8. The first-order valence-corrected chi connectivity index (χ1v) is 16.6. The molecule has 0 aliphatic heterocycles. The zero-order valence-corrected chi connectivity index (χ0v) is 30.2. The Morgan fingerprint density at radius 2 is 1.08 bits per heavy atom. The third-order valence-corrected chi connectivity index (χ3v) is 9.93. The summed E-state index contributed by atoms with van der Waals surface area (Å²) in [5.41, 5.74) is 10.9. The van der Waals surface area contributed by atoms with Crippen LogP contribution in [0.2, 0.25) is 0 Å². The first-order chi connectivity index (χ1) is 23.9. The van der Waals surface area contributed by atoms with Crippen molar-refractivity contribution in [3.63, 3.8) is 0 Å². The van der Waals surface area contributed by atoms with Crippen molar-refractivity contribution in [3.05, 3.63) is 180 Å². The average molecular weight is 824 g/mol. The molecule has 4 aromatic carbocycles. The van der Waals surface area contributed by atoms with Crippen LogP contribution in [-0.2, 0) is 31.9 Å². The second kappa shape index (κ2) is 12.2. The summed E-state index contributed by atoms with van der Waals surface area (Å²) in [5.74, 6) is 0. The zero-order chi connectivity index (χ0) is 33.2. The summed E-state index contributed by atoms with van der Waals surface area (Å²) in [7, 11) is 0. The van der Waals surface area contributed by atoms with Gasteiger partial charge in [-0.05, 0) is 69.1 Å². The van der Waals surface area contributed by atoms with Crippen LogP contribution >= 0.6 is 0 Å². The monoisotopic (exact) mass is 823 g/mol. The number of nitrogens with zero attached hydrogens (tertiary/aromatic N) is 4. The Hall–Kier alpha value is -5.31. The molecular formula is C45H32N4Pt. The Morgan fingerprint density at radius 3 is 1.64 bits per heavy atom. The van der Waals surface area contributed by atoms with Crippen molar-refractivity contribution < 1.29 is 21.1 Å². The fourth-order valence-electron chi connectivity index (χ4n) is 7.58. The molecule has 0 N–H and O–H groups in total. The Kier molecular flexibility index (Phi) is 7.81. The predicted octanol–water partition coefficient (Wildman–Crippen LogP) is 10.2. The normalized spacial score (nSPS) is 13.1. The second-order valence-electron chi connectivity index (χ2n) is 13.8. The van der Waals surface area contributed by atoms with Crippen molar-refractivity contribution >= 4 is 21.5 Å². The molecular weight excluding hydrogens is 792 g/mol. The van der Waals surface area contributed by atoms with Crippen LogP contribution in [0.15, 0.2) is 140 Å². The molecule has 4 nitrogen and oxygen atoms in total. The van der Waals surface area contributed by atoms with E-state index in [1.807, 2.05) is 55.4 Å². The maximum Gasteiger partial charge on any atom is 2.00 e. The molecule has 242 valence electrons. The van der Waals surface area contributed by atoms with Gasteiger partial charge in [-0.3, -0.25) is 9.97 Å². The molecule has 0 radical (unpaired) electrons. The summed E-state index contributed by atoms with van der Waals surface area (Å²) in [6.07, 6.45) is 11.3. The molecule has 0 bridgehead atoms. The topological polar surface area (TPSA) is 51.6 Å². The number of fused-ring (bicyclic) bond motifs is 5. The molecule has 4 heterocycles. The summed E-state index contributed by atoms with van der Waals surface area (Å²) in [6.45, 7) is 6.70. The van der Waals surface area contributed by atoms with Crippen LogP contribution in [-0.4, -0.2) is 19.9 Å². The molecule has 4 aromatic heterocycles. The van der Waals surface area contributed by atoms with Crippen LogP contribution in [0.4, 0.5) is 0 Å². The second-order valence-corrected chi connectivity index (χ2v) is 13.8. The van der Waals surface area contributed by atoms with Gasteiger partial charge >= 0.3 is 21.1 Å². The van der Waals surface area contributed by atoms with Crippen LogP contribution in [0.25, 0.3) is 55.2 Å². The molecule has 9 rings (SSSR count). The number of benzene rings is 4. The molecule has 8 aromatic rings. The van der Waals surface area contributed by atoms with Crippen molar-refractivity contribution in [3.8, 4) is 33.6 Å². The molecule has 0 spiro atoms. The fourth-order valence-corrected chi connectivity index (χ4v) is 7.58. The summed E-state index contributed by atoms with van der Waals surface area (Å²) >= 11 is 0. The minimum Gasteiger partial charge on any atom is -0.305 e. The van der Waals surface area contributed by atoms with Gasteiger partial charge < -0.3 is 9.97 Å². The van der Waals surface area contributed by atoms with Crippen LogP contribution in [0.1, 0.15) is 48.6 Å². The van der Waals surface area contributed by atoms with E-state index in [-0.39, 0.29) is 26.5 Å². The van der Waals surface area contributed by atoms with Crippen molar-refractivity contribution in [1.29, 1.82) is 0 Å². The van der Waals surface area contributed by atoms with E-state index in [1.54, 1.807) is 0 Å². The minimum absolute atomic E-state index is 0. The zero-order valence-electron chi connectivity index (χ0n) is 27.9. The smallest absolute Gasteiger partial charge is 0.305 e. The van der Waals surface area contributed by atoms with Crippen LogP contribution in [0.3, 0.4) is 0 Å². The van der Waals surface area contributed by atoms with Crippen molar-refractivity contribution in [1.82, 2.24) is 19.9 Å². The van der Waals surface area contributed by atoms with Gasteiger partial charge in [-0.15, -0.1) is 46.5 Å². The maximum absolute atomic E-state index is 4.94. The summed E-state index contributed by atoms with van der Waals surface area (Å²) < 4.78 is 0. The molecule has 1 aliphatic rings. The van der Waals surface area contributed by atoms with Gasteiger partial charge in [0.25, 0.3) is 0 Å². The van der Waals surface area contributed by atoms with E-state index in [0.717, 1.165) is 55.2 Å². The molecule has 0 fully saturated rings. The summed E-state index contributed by atoms with van der Waals surface area (Å²) in [6, 6.07) is 44.6. The number of hydrogen-bond donors (Lipinski definition) is 0. The van der Waals surface area contributed by atoms with Gasteiger partial charge in [0, 0.05) is 30.2 Å². The first-order valence-electron chi connectivity index (χ1n) is 16.6. The van der Waals surface area contributed by atoms with Crippen LogP contribution in [0.5, 0.6) is 0 Å². The third kappa shape index (κ3) is 4.93. The van der Waals surface area contributed by atoms with Gasteiger partial charge in [-0.1, -0.05) is 121 Å². The van der Waals surface area contributed by atoms with Crippen LogP contribution in [0, 0.1) is 12.1 Å². The number of hydrogen-bond acceptors (Lipinski definition) is 4. The molecule has 0 amide bonds. The number of rotatable bonds is 4. The summed E-state index contributed by atoms with van der Waals surface area (Å²) in [5, 5.41) is 4.19. The maximum atomic E-state index is 4.94. The largest absolute Gasteiger partial charge is 2.00 e. The molecule has 50 heavy (non-hydrogen) atoms. The molecule has 0 saturated carbocycles. The Morgan fingerprint density at radius 1 is 0.540 bits per heavy atom. The average Bonchev–Trinajstić information content (AvgIpc) is 3.45. The Bertz CT molecular complexity index is 2510. The third-order valence-electron chi connectivity index (χ3n) is 9.93. The number of pyridine rings is 4. The van der Waals surface area contributed by atoms with Gasteiger partial charge in [-0.2, -0.15) is 0 Å². The molecule has 5 heteroatoms. The molecule has 1 aliphatic carbocycles. The number of aromatic nitrogens is 4. The van der Waals surface area contributed by atoms with Crippen molar-refractivity contribution in [2.45, 2.75) is 31.6 Å². The van der Waals surface area contributed by atoms with Gasteiger partial charge in [-0.25, -0.2) is 0 Å².